The molecule has 27 heavy (non-hydrogen) atoms. The van der Waals surface area contributed by atoms with Gasteiger partial charge in [-0.05, 0) is 48.1 Å². The molecule has 0 bridgehead atoms. The number of aromatic nitrogens is 2. The molecule has 1 saturated carbocycles. The Morgan fingerprint density at radius 3 is 2.26 bits per heavy atom. The Morgan fingerprint density at radius 2 is 1.70 bits per heavy atom. The van der Waals surface area contributed by atoms with Crippen molar-refractivity contribution in [2.45, 2.75) is 31.5 Å². The van der Waals surface area contributed by atoms with Gasteiger partial charge in [0.25, 0.3) is 0 Å². The first-order valence-electron chi connectivity index (χ1n) is 8.72. The molecule has 1 aliphatic carbocycles. The molecule has 0 saturated heterocycles. The fourth-order valence-electron chi connectivity index (χ4n) is 3.50. The van der Waals surface area contributed by atoms with E-state index in [1.165, 1.54) is 24.1 Å². The lowest BCUT2D eigenvalue weighted by atomic mass is 9.77. The first kappa shape index (κ1) is 17.5. The molecule has 0 radical (unpaired) electrons. The molecule has 0 amide bonds. The predicted octanol–water partition coefficient (Wildman–Crippen LogP) is 6.11. The van der Waals surface area contributed by atoms with Crippen molar-refractivity contribution >= 4 is 17.1 Å². The van der Waals surface area contributed by atoms with Crippen molar-refractivity contribution in [1.29, 1.82) is 0 Å². The summed E-state index contributed by atoms with van der Waals surface area (Å²) >= 11 is 0. The van der Waals surface area contributed by atoms with Crippen LogP contribution < -0.4 is 4.74 Å². The topological polar surface area (TPSA) is 35.0 Å². The third kappa shape index (κ3) is 3.39. The second-order valence-electron chi connectivity index (χ2n) is 6.58. The molecule has 1 aliphatic rings. The number of halogens is 3. The van der Waals surface area contributed by atoms with Crippen LogP contribution in [0, 0.1) is 0 Å². The van der Waals surface area contributed by atoms with E-state index in [9.17, 15) is 13.2 Å². The van der Waals surface area contributed by atoms with E-state index in [-0.39, 0.29) is 5.75 Å². The van der Waals surface area contributed by atoms with Gasteiger partial charge in [-0.25, -0.2) is 0 Å². The molecule has 1 heterocycles. The summed E-state index contributed by atoms with van der Waals surface area (Å²) in [5, 5.41) is 0. The zero-order valence-electron chi connectivity index (χ0n) is 14.5. The van der Waals surface area contributed by atoms with E-state index in [0.717, 1.165) is 35.0 Å². The lowest BCUT2D eigenvalue weighted by Crippen LogP contribution is -2.16. The molecule has 1 fully saturated rings. The molecule has 2 aromatic carbocycles. The Bertz CT molecular complexity index is 993. The van der Waals surface area contributed by atoms with Gasteiger partial charge < -0.3 is 4.74 Å². The number of alkyl halides is 3. The normalized spacial score (nSPS) is 14.8. The second-order valence-corrected chi connectivity index (χ2v) is 6.58. The number of rotatable bonds is 4. The highest BCUT2D eigenvalue weighted by molar-refractivity contribution is 5.97. The van der Waals surface area contributed by atoms with Gasteiger partial charge in [-0.3, -0.25) is 9.97 Å². The minimum absolute atomic E-state index is 0.247. The largest absolute Gasteiger partial charge is 0.573 e. The highest BCUT2D eigenvalue weighted by Crippen LogP contribution is 2.42. The van der Waals surface area contributed by atoms with Crippen LogP contribution in [0.1, 0.15) is 36.3 Å². The number of hydrogen-bond acceptors (Lipinski definition) is 3. The third-order valence-corrected chi connectivity index (χ3v) is 4.97. The summed E-state index contributed by atoms with van der Waals surface area (Å²) in [5.74, 6) is 0.208. The molecule has 0 unspecified atom stereocenters. The van der Waals surface area contributed by atoms with Gasteiger partial charge in [0.2, 0.25) is 0 Å². The van der Waals surface area contributed by atoms with Gasteiger partial charge in [0.05, 0.1) is 11.0 Å². The van der Waals surface area contributed by atoms with Crippen molar-refractivity contribution in [3.63, 3.8) is 0 Å². The van der Waals surface area contributed by atoms with Crippen molar-refractivity contribution in [3.8, 4) is 16.9 Å². The first-order chi connectivity index (χ1) is 13.0. The highest BCUT2D eigenvalue weighted by Gasteiger charge is 2.31. The highest BCUT2D eigenvalue weighted by atomic mass is 19.4. The van der Waals surface area contributed by atoms with E-state index in [4.69, 9.17) is 0 Å². The molecule has 1 aromatic heterocycles. The van der Waals surface area contributed by atoms with Gasteiger partial charge in [0.1, 0.15) is 5.75 Å². The zero-order valence-corrected chi connectivity index (χ0v) is 14.5. The average Bonchev–Trinajstić information content (AvgIpc) is 2.59. The van der Waals surface area contributed by atoms with E-state index in [1.807, 2.05) is 6.08 Å². The summed E-state index contributed by atoms with van der Waals surface area (Å²) in [6, 6.07) is 7.94. The van der Waals surface area contributed by atoms with Crippen LogP contribution in [0.15, 0.2) is 49.3 Å². The number of hydrogen-bond donors (Lipinski definition) is 0. The lowest BCUT2D eigenvalue weighted by Gasteiger charge is -2.28. The van der Waals surface area contributed by atoms with E-state index >= 15 is 0 Å². The summed E-state index contributed by atoms with van der Waals surface area (Å²) in [6.07, 6.45) is 3.79. The fourth-order valence-corrected chi connectivity index (χ4v) is 3.50. The summed E-state index contributed by atoms with van der Waals surface area (Å²) in [5.41, 5.74) is 5.26. The van der Waals surface area contributed by atoms with E-state index in [0.29, 0.717) is 11.4 Å². The molecule has 0 N–H and O–H groups in total. The van der Waals surface area contributed by atoms with Crippen molar-refractivity contribution in [3.05, 3.63) is 60.4 Å². The monoisotopic (exact) mass is 370 g/mol. The molecule has 0 atom stereocenters. The van der Waals surface area contributed by atoms with Crippen LogP contribution in [0.3, 0.4) is 0 Å². The molecular formula is C21H17F3N2O. The minimum atomic E-state index is -4.71. The summed E-state index contributed by atoms with van der Waals surface area (Å²) in [7, 11) is 0. The quantitative estimate of drug-likeness (QED) is 0.556. The maximum absolute atomic E-state index is 12.4. The smallest absolute Gasteiger partial charge is 0.406 e. The Morgan fingerprint density at radius 1 is 1.04 bits per heavy atom. The minimum Gasteiger partial charge on any atom is -0.406 e. The Balaban J connectivity index is 1.85. The van der Waals surface area contributed by atoms with Crippen LogP contribution >= 0.6 is 0 Å². The van der Waals surface area contributed by atoms with Crippen LogP contribution in [0.4, 0.5) is 13.2 Å². The van der Waals surface area contributed by atoms with Crippen molar-refractivity contribution in [2.75, 3.05) is 0 Å². The number of nitrogens with zero attached hydrogens (tertiary/aromatic N) is 2. The zero-order chi connectivity index (χ0) is 19.0. The van der Waals surface area contributed by atoms with E-state index < -0.39 is 6.36 Å². The van der Waals surface area contributed by atoms with Crippen LogP contribution in [0.5, 0.6) is 5.75 Å². The summed E-state index contributed by atoms with van der Waals surface area (Å²) in [6.45, 7) is 3.94. The number of ether oxygens (including phenoxy) is 1. The van der Waals surface area contributed by atoms with E-state index in [1.54, 1.807) is 24.5 Å². The van der Waals surface area contributed by atoms with Crippen molar-refractivity contribution in [1.82, 2.24) is 9.97 Å². The predicted molar refractivity (Wildman–Crippen MR) is 98.3 cm³/mol. The van der Waals surface area contributed by atoms with Gasteiger partial charge >= 0.3 is 6.36 Å². The summed E-state index contributed by atoms with van der Waals surface area (Å²) < 4.78 is 41.1. The van der Waals surface area contributed by atoms with Crippen LogP contribution in [0.2, 0.25) is 0 Å². The summed E-state index contributed by atoms with van der Waals surface area (Å²) in [4.78, 5) is 8.97. The van der Waals surface area contributed by atoms with Gasteiger partial charge in [-0.1, -0.05) is 31.2 Å². The van der Waals surface area contributed by atoms with Crippen molar-refractivity contribution in [2.24, 2.45) is 0 Å². The van der Waals surface area contributed by atoms with Crippen LogP contribution in [-0.2, 0) is 0 Å². The number of fused-ring (bicyclic) bond motifs is 1. The van der Waals surface area contributed by atoms with Crippen LogP contribution in [-0.4, -0.2) is 16.3 Å². The Labute approximate surface area is 154 Å². The Kier molecular flexibility index (Phi) is 4.34. The Hall–Kier alpha value is -2.89. The lowest BCUT2D eigenvalue weighted by molar-refractivity contribution is -0.274. The molecule has 6 heteroatoms. The second kappa shape index (κ2) is 6.68. The van der Waals surface area contributed by atoms with Gasteiger partial charge in [-0.15, -0.1) is 13.2 Å². The van der Waals surface area contributed by atoms with Crippen LogP contribution in [0.25, 0.3) is 28.2 Å². The number of benzene rings is 2. The molecule has 3 nitrogen and oxygen atoms in total. The standard InChI is InChI=1S/C21H17F3N2O/c1-2-16-17(13-4-3-5-13)12-18(20-19(16)25-10-11-26-20)14-6-8-15(9-7-14)27-21(22,23)24/h2,6-13H,1,3-5H2. The molecule has 0 spiro atoms. The molecular weight excluding hydrogens is 353 g/mol. The maximum atomic E-state index is 12.4. The average molecular weight is 370 g/mol. The first-order valence-corrected chi connectivity index (χ1v) is 8.72. The van der Waals surface area contributed by atoms with E-state index in [2.05, 4.69) is 27.4 Å². The van der Waals surface area contributed by atoms with Gasteiger partial charge in [-0.2, -0.15) is 0 Å². The SMILES string of the molecule is C=Cc1c(C2CCC2)cc(-c2ccc(OC(F)(F)F)cc2)c2nccnc12. The molecule has 0 aliphatic heterocycles. The fraction of sp³-hybridized carbons (Fsp3) is 0.238. The molecule has 3 aromatic rings. The van der Waals surface area contributed by atoms with Crippen molar-refractivity contribution < 1.29 is 17.9 Å². The molecule has 4 rings (SSSR count). The molecule has 138 valence electrons. The third-order valence-electron chi connectivity index (χ3n) is 4.97. The van der Waals surface area contributed by atoms with Gasteiger partial charge in [0, 0.05) is 23.5 Å². The van der Waals surface area contributed by atoms with Gasteiger partial charge in [0.15, 0.2) is 0 Å². The maximum Gasteiger partial charge on any atom is 0.573 e.